The molecule has 8 nitrogen and oxygen atoms in total. The molecule has 26 heavy (non-hydrogen) atoms. The van der Waals surface area contributed by atoms with Gasteiger partial charge in [-0.15, -0.1) is 10.2 Å². The summed E-state index contributed by atoms with van der Waals surface area (Å²) in [6.45, 7) is 4.33. The van der Waals surface area contributed by atoms with E-state index in [-0.39, 0.29) is 29.0 Å². The number of hydrogen-bond acceptors (Lipinski definition) is 5. The summed E-state index contributed by atoms with van der Waals surface area (Å²) in [5.74, 6) is 1.86. The molecule has 0 unspecified atom stereocenters. The second kappa shape index (κ2) is 7.03. The van der Waals surface area contributed by atoms with E-state index in [9.17, 15) is 9.59 Å². The molecule has 2 heterocycles. The van der Waals surface area contributed by atoms with Crippen molar-refractivity contribution in [2.45, 2.75) is 45.2 Å². The molecule has 2 aromatic rings. The second-order valence-electron chi connectivity index (χ2n) is 7.45. The molecule has 1 amide bonds. The van der Waals surface area contributed by atoms with Gasteiger partial charge in [-0.25, -0.2) is 0 Å². The Morgan fingerprint density at radius 2 is 2.04 bits per heavy atom. The molecule has 0 bridgehead atoms. The number of carbonyl (C=O) groups excluding carboxylic acids is 1. The highest BCUT2D eigenvalue weighted by atomic mass is 16.2. The van der Waals surface area contributed by atoms with Crippen molar-refractivity contribution in [2.24, 2.45) is 7.05 Å². The molecule has 140 valence electrons. The maximum Gasteiger partial charge on any atom is 0.261 e. The number of aryl methyl sites for hydroxylation is 2. The van der Waals surface area contributed by atoms with Gasteiger partial charge in [0.2, 0.25) is 0 Å². The number of nitrogens with zero attached hydrogens (tertiary/aromatic N) is 4. The molecule has 2 aromatic heterocycles. The summed E-state index contributed by atoms with van der Waals surface area (Å²) in [5.41, 5.74) is 1.31. The molecule has 0 spiro atoms. The predicted molar refractivity (Wildman–Crippen MR) is 98.2 cm³/mol. The number of rotatable bonds is 5. The van der Waals surface area contributed by atoms with Gasteiger partial charge in [-0.2, -0.15) is 0 Å². The fourth-order valence-electron chi connectivity index (χ4n) is 3.49. The Morgan fingerprint density at radius 3 is 2.65 bits per heavy atom. The lowest BCUT2D eigenvalue weighted by Crippen LogP contribution is -2.45. The lowest BCUT2D eigenvalue weighted by molar-refractivity contribution is 0.0904. The fourth-order valence-corrected chi connectivity index (χ4v) is 3.49. The van der Waals surface area contributed by atoms with Crippen molar-refractivity contribution in [1.82, 2.24) is 30.0 Å². The van der Waals surface area contributed by atoms with E-state index in [0.29, 0.717) is 5.56 Å². The molecule has 1 aliphatic carbocycles. The van der Waals surface area contributed by atoms with Crippen molar-refractivity contribution in [1.29, 1.82) is 0 Å². The van der Waals surface area contributed by atoms with Crippen LogP contribution in [0.5, 0.6) is 0 Å². The number of aromatic amines is 1. The number of pyridine rings is 1. The van der Waals surface area contributed by atoms with Crippen LogP contribution in [0.15, 0.2) is 10.9 Å². The Kier molecular flexibility index (Phi) is 4.95. The first kappa shape index (κ1) is 18.3. The van der Waals surface area contributed by atoms with Crippen molar-refractivity contribution in [3.8, 4) is 0 Å². The summed E-state index contributed by atoms with van der Waals surface area (Å²) in [6, 6.07) is 1.87. The molecule has 3 rings (SSSR count). The Balaban J connectivity index is 1.62. The van der Waals surface area contributed by atoms with E-state index in [1.54, 1.807) is 13.8 Å². The highest BCUT2D eigenvalue weighted by Crippen LogP contribution is 2.36. The largest absolute Gasteiger partial charge is 0.349 e. The highest BCUT2D eigenvalue weighted by Gasteiger charge is 2.35. The van der Waals surface area contributed by atoms with Crippen LogP contribution in [-0.4, -0.2) is 50.7 Å². The molecule has 0 radical (unpaired) electrons. The normalized spacial score (nSPS) is 19.5. The summed E-state index contributed by atoms with van der Waals surface area (Å²) in [7, 11) is 5.98. The van der Waals surface area contributed by atoms with Gasteiger partial charge in [-0.3, -0.25) is 9.59 Å². The van der Waals surface area contributed by atoms with Crippen molar-refractivity contribution in [2.75, 3.05) is 14.1 Å². The van der Waals surface area contributed by atoms with E-state index in [0.717, 1.165) is 36.7 Å². The summed E-state index contributed by atoms with van der Waals surface area (Å²) in [6.07, 6.45) is 1.62. The Bertz CT molecular complexity index is 876. The monoisotopic (exact) mass is 358 g/mol. The Hall–Kier alpha value is -2.48. The van der Waals surface area contributed by atoms with Gasteiger partial charge in [0.1, 0.15) is 17.2 Å². The van der Waals surface area contributed by atoms with E-state index < -0.39 is 0 Å². The van der Waals surface area contributed by atoms with Crippen molar-refractivity contribution >= 4 is 5.91 Å². The van der Waals surface area contributed by atoms with Crippen LogP contribution in [0, 0.1) is 13.8 Å². The minimum atomic E-state index is -0.336. The average Bonchev–Trinajstić information content (AvgIpc) is 2.82. The van der Waals surface area contributed by atoms with Gasteiger partial charge < -0.3 is 19.8 Å². The fraction of sp³-hybridized carbons (Fsp3) is 0.556. The summed E-state index contributed by atoms with van der Waals surface area (Å²) in [5, 5.41) is 11.5. The first-order valence-electron chi connectivity index (χ1n) is 8.80. The molecule has 0 aromatic carbocycles. The number of nitrogens with one attached hydrogen (secondary N) is 2. The van der Waals surface area contributed by atoms with E-state index in [1.165, 1.54) is 0 Å². The molecule has 0 atom stereocenters. The Labute approximate surface area is 152 Å². The standard InChI is InChI=1S/C18H26N6O2/c1-10-6-11(2)19-17(25)15(10)18(26)20-13-7-12(8-13)16-22-21-14(24(16)5)9-23(3)4/h6,12-13H,7-9H2,1-5H3,(H,19,25)(H,20,26). The van der Waals surface area contributed by atoms with E-state index in [2.05, 4.69) is 25.4 Å². The number of hydrogen-bond donors (Lipinski definition) is 2. The SMILES string of the molecule is Cc1cc(C)c(C(=O)NC2CC(c3nnc(CN(C)C)n3C)C2)c(=O)[nH]1. The van der Waals surface area contributed by atoms with Gasteiger partial charge in [0.05, 0.1) is 6.54 Å². The lowest BCUT2D eigenvalue weighted by Gasteiger charge is -2.35. The molecule has 1 saturated carbocycles. The lowest BCUT2D eigenvalue weighted by atomic mass is 9.79. The maximum atomic E-state index is 12.5. The minimum Gasteiger partial charge on any atom is -0.349 e. The predicted octanol–water partition coefficient (Wildman–Crippen LogP) is 0.858. The quantitative estimate of drug-likeness (QED) is 0.826. The third-order valence-corrected chi connectivity index (χ3v) is 4.89. The van der Waals surface area contributed by atoms with Gasteiger partial charge in [0.25, 0.3) is 11.5 Å². The van der Waals surface area contributed by atoms with Crippen LogP contribution in [0.2, 0.25) is 0 Å². The zero-order valence-electron chi connectivity index (χ0n) is 16.0. The molecule has 1 aliphatic rings. The van der Waals surface area contributed by atoms with Crippen LogP contribution in [0.1, 0.15) is 52.0 Å². The number of amides is 1. The van der Waals surface area contributed by atoms with Crippen LogP contribution in [0.25, 0.3) is 0 Å². The highest BCUT2D eigenvalue weighted by molar-refractivity contribution is 5.95. The van der Waals surface area contributed by atoms with E-state index in [4.69, 9.17) is 0 Å². The average molecular weight is 358 g/mol. The number of aromatic nitrogens is 4. The molecule has 1 fully saturated rings. The van der Waals surface area contributed by atoms with Crippen LogP contribution < -0.4 is 10.9 Å². The third kappa shape index (κ3) is 3.55. The zero-order valence-corrected chi connectivity index (χ0v) is 16.0. The molecule has 8 heteroatoms. The van der Waals surface area contributed by atoms with Crippen molar-refractivity contribution in [3.05, 3.63) is 44.9 Å². The van der Waals surface area contributed by atoms with Gasteiger partial charge in [0, 0.05) is 24.7 Å². The molecule has 2 N–H and O–H groups in total. The topological polar surface area (TPSA) is 95.9 Å². The number of carbonyl (C=O) groups is 1. The smallest absolute Gasteiger partial charge is 0.261 e. The molecule has 0 saturated heterocycles. The summed E-state index contributed by atoms with van der Waals surface area (Å²) >= 11 is 0. The minimum absolute atomic E-state index is 0.0570. The molecular formula is C18H26N6O2. The van der Waals surface area contributed by atoms with E-state index >= 15 is 0 Å². The summed E-state index contributed by atoms with van der Waals surface area (Å²) in [4.78, 5) is 29.3. The van der Waals surface area contributed by atoms with Crippen LogP contribution in [0.4, 0.5) is 0 Å². The third-order valence-electron chi connectivity index (χ3n) is 4.89. The van der Waals surface area contributed by atoms with Gasteiger partial charge >= 0.3 is 0 Å². The first-order chi connectivity index (χ1) is 12.3. The summed E-state index contributed by atoms with van der Waals surface area (Å²) < 4.78 is 2.04. The van der Waals surface area contributed by atoms with Gasteiger partial charge in [-0.05, 0) is 52.4 Å². The van der Waals surface area contributed by atoms with Crippen LogP contribution in [-0.2, 0) is 13.6 Å². The van der Waals surface area contributed by atoms with E-state index in [1.807, 2.05) is 31.8 Å². The number of H-pyrrole nitrogens is 1. The van der Waals surface area contributed by atoms with Gasteiger partial charge in [0.15, 0.2) is 0 Å². The van der Waals surface area contributed by atoms with Crippen molar-refractivity contribution < 1.29 is 4.79 Å². The van der Waals surface area contributed by atoms with Crippen molar-refractivity contribution in [3.63, 3.8) is 0 Å². The van der Waals surface area contributed by atoms with Crippen LogP contribution in [0.3, 0.4) is 0 Å². The second-order valence-corrected chi connectivity index (χ2v) is 7.45. The molecule has 0 aliphatic heterocycles. The zero-order chi connectivity index (χ0) is 19.0. The first-order valence-corrected chi connectivity index (χ1v) is 8.80. The Morgan fingerprint density at radius 1 is 1.35 bits per heavy atom. The molecular weight excluding hydrogens is 332 g/mol. The van der Waals surface area contributed by atoms with Gasteiger partial charge in [-0.1, -0.05) is 0 Å². The maximum absolute atomic E-state index is 12.5. The van der Waals surface area contributed by atoms with Crippen LogP contribution >= 0.6 is 0 Å².